The van der Waals surface area contributed by atoms with Crippen molar-refractivity contribution in [2.45, 2.75) is 26.2 Å². The van der Waals surface area contributed by atoms with Crippen LogP contribution in [-0.2, 0) is 19.0 Å². The lowest BCUT2D eigenvalue weighted by Crippen LogP contribution is -2.52. The molecule has 2 N–H and O–H groups in total. The number of carbonyl (C=O) groups excluding carboxylic acids is 1. The molecule has 6 nitrogen and oxygen atoms in total. The third-order valence-corrected chi connectivity index (χ3v) is 2.39. The van der Waals surface area contributed by atoms with Crippen LogP contribution in [0.4, 0.5) is 0 Å². The number of amides is 1. The topological polar surface area (TPSA) is 68.8 Å². The molecule has 0 aromatic rings. The number of hydrogen-bond acceptors (Lipinski definition) is 5. The van der Waals surface area contributed by atoms with Crippen molar-refractivity contribution in [3.8, 4) is 0 Å². The number of ether oxygens (including phenoxy) is 3. The SMILES string of the molecule is CCOC(CNC(=O)C1COCCN1)OCC. The maximum absolute atomic E-state index is 11.7. The quantitative estimate of drug-likeness (QED) is 0.592. The Bertz CT molecular complexity index is 214. The van der Waals surface area contributed by atoms with Crippen molar-refractivity contribution in [1.82, 2.24) is 10.6 Å². The van der Waals surface area contributed by atoms with Crippen LogP contribution in [0.15, 0.2) is 0 Å². The zero-order valence-electron chi connectivity index (χ0n) is 10.5. The maximum Gasteiger partial charge on any atom is 0.239 e. The molecule has 0 aliphatic carbocycles. The number of rotatable bonds is 7. The summed E-state index contributed by atoms with van der Waals surface area (Å²) in [4.78, 5) is 11.7. The van der Waals surface area contributed by atoms with Gasteiger partial charge in [-0.15, -0.1) is 0 Å². The highest BCUT2D eigenvalue weighted by atomic mass is 16.7. The van der Waals surface area contributed by atoms with E-state index in [2.05, 4.69) is 10.6 Å². The van der Waals surface area contributed by atoms with Gasteiger partial charge in [0, 0.05) is 19.8 Å². The van der Waals surface area contributed by atoms with Crippen molar-refractivity contribution in [1.29, 1.82) is 0 Å². The van der Waals surface area contributed by atoms with Crippen molar-refractivity contribution in [2.75, 3.05) is 39.5 Å². The summed E-state index contributed by atoms with van der Waals surface area (Å²) in [5, 5.41) is 5.88. The molecule has 0 spiro atoms. The molecule has 1 fully saturated rings. The largest absolute Gasteiger partial charge is 0.378 e. The zero-order chi connectivity index (χ0) is 12.5. The molecule has 17 heavy (non-hydrogen) atoms. The van der Waals surface area contributed by atoms with Gasteiger partial charge < -0.3 is 24.8 Å². The smallest absolute Gasteiger partial charge is 0.239 e. The van der Waals surface area contributed by atoms with E-state index in [0.29, 0.717) is 39.5 Å². The molecule has 1 aliphatic rings. The summed E-state index contributed by atoms with van der Waals surface area (Å²) in [6.07, 6.45) is -0.376. The molecule has 1 amide bonds. The molecule has 0 aromatic carbocycles. The van der Waals surface area contributed by atoms with Gasteiger partial charge in [-0.25, -0.2) is 0 Å². The Kier molecular flexibility index (Phi) is 7.11. The zero-order valence-corrected chi connectivity index (χ0v) is 10.5. The lowest BCUT2D eigenvalue weighted by Gasteiger charge is -2.24. The van der Waals surface area contributed by atoms with Crippen molar-refractivity contribution in [2.24, 2.45) is 0 Å². The highest BCUT2D eigenvalue weighted by Gasteiger charge is 2.21. The Hall–Kier alpha value is -0.690. The lowest BCUT2D eigenvalue weighted by molar-refractivity contribution is -0.142. The monoisotopic (exact) mass is 246 g/mol. The van der Waals surface area contributed by atoms with Gasteiger partial charge in [-0.1, -0.05) is 0 Å². The van der Waals surface area contributed by atoms with E-state index < -0.39 is 0 Å². The summed E-state index contributed by atoms with van der Waals surface area (Å²) in [5.41, 5.74) is 0. The highest BCUT2D eigenvalue weighted by Crippen LogP contribution is 1.96. The van der Waals surface area contributed by atoms with Gasteiger partial charge in [0.25, 0.3) is 0 Å². The van der Waals surface area contributed by atoms with Gasteiger partial charge in [-0.3, -0.25) is 4.79 Å². The van der Waals surface area contributed by atoms with Crippen molar-refractivity contribution in [3.05, 3.63) is 0 Å². The van der Waals surface area contributed by atoms with Crippen molar-refractivity contribution >= 4 is 5.91 Å². The van der Waals surface area contributed by atoms with E-state index in [9.17, 15) is 4.79 Å². The summed E-state index contributed by atoms with van der Waals surface area (Å²) >= 11 is 0. The Morgan fingerprint density at radius 1 is 1.47 bits per heavy atom. The summed E-state index contributed by atoms with van der Waals surface area (Å²) < 4.78 is 15.9. The van der Waals surface area contributed by atoms with Gasteiger partial charge in [0.05, 0.1) is 19.8 Å². The molecule has 1 rings (SSSR count). The summed E-state index contributed by atoms with van der Waals surface area (Å²) in [7, 11) is 0. The molecule has 1 aliphatic heterocycles. The number of carbonyl (C=O) groups is 1. The van der Waals surface area contributed by atoms with Gasteiger partial charge in [-0.2, -0.15) is 0 Å². The summed E-state index contributed by atoms with van der Waals surface area (Å²) in [6.45, 7) is 7.05. The Labute approximate surface area is 102 Å². The first-order valence-electron chi connectivity index (χ1n) is 6.10. The first-order chi connectivity index (χ1) is 8.27. The van der Waals surface area contributed by atoms with Crippen LogP contribution in [-0.4, -0.2) is 57.8 Å². The normalized spacial score (nSPS) is 20.5. The van der Waals surface area contributed by atoms with Crippen LogP contribution in [0.5, 0.6) is 0 Å². The highest BCUT2D eigenvalue weighted by molar-refractivity contribution is 5.81. The standard InChI is InChI=1S/C11H22N2O4/c1-3-16-10(17-4-2)7-13-11(14)9-8-15-6-5-12-9/h9-10,12H,3-8H2,1-2H3,(H,13,14). The van der Waals surface area contributed by atoms with E-state index in [0.717, 1.165) is 0 Å². The van der Waals surface area contributed by atoms with Crippen LogP contribution in [0.1, 0.15) is 13.8 Å². The van der Waals surface area contributed by atoms with Crippen molar-refractivity contribution in [3.63, 3.8) is 0 Å². The third kappa shape index (κ3) is 5.45. The van der Waals surface area contributed by atoms with Gasteiger partial charge in [0.2, 0.25) is 5.91 Å². The number of nitrogens with one attached hydrogen (secondary N) is 2. The molecule has 0 saturated carbocycles. The second kappa shape index (κ2) is 8.41. The van der Waals surface area contributed by atoms with E-state index in [4.69, 9.17) is 14.2 Å². The van der Waals surface area contributed by atoms with E-state index in [-0.39, 0.29) is 18.2 Å². The van der Waals surface area contributed by atoms with E-state index in [1.165, 1.54) is 0 Å². The lowest BCUT2D eigenvalue weighted by atomic mass is 10.2. The average molecular weight is 246 g/mol. The van der Waals surface area contributed by atoms with Crippen molar-refractivity contribution < 1.29 is 19.0 Å². The van der Waals surface area contributed by atoms with Crippen LogP contribution < -0.4 is 10.6 Å². The molecular formula is C11H22N2O4. The van der Waals surface area contributed by atoms with E-state index in [1.54, 1.807) is 0 Å². The van der Waals surface area contributed by atoms with Crippen LogP contribution >= 0.6 is 0 Å². The molecule has 1 saturated heterocycles. The molecule has 0 aromatic heterocycles. The van der Waals surface area contributed by atoms with Gasteiger partial charge in [-0.05, 0) is 13.8 Å². The fraction of sp³-hybridized carbons (Fsp3) is 0.909. The fourth-order valence-electron chi connectivity index (χ4n) is 1.58. The van der Waals surface area contributed by atoms with E-state index >= 15 is 0 Å². The first kappa shape index (κ1) is 14.4. The molecule has 1 unspecified atom stereocenters. The van der Waals surface area contributed by atoms with Crippen LogP contribution in [0, 0.1) is 0 Å². The van der Waals surface area contributed by atoms with Crippen LogP contribution in [0.2, 0.25) is 0 Å². The predicted molar refractivity (Wildman–Crippen MR) is 62.7 cm³/mol. The third-order valence-electron chi connectivity index (χ3n) is 2.39. The molecule has 1 heterocycles. The minimum Gasteiger partial charge on any atom is -0.378 e. The Balaban J connectivity index is 2.24. The summed E-state index contributed by atoms with van der Waals surface area (Å²) in [5.74, 6) is -0.0749. The molecule has 1 atom stereocenters. The fourth-order valence-corrected chi connectivity index (χ4v) is 1.58. The van der Waals surface area contributed by atoms with Gasteiger partial charge in [0.1, 0.15) is 6.04 Å². The first-order valence-corrected chi connectivity index (χ1v) is 6.10. The summed E-state index contributed by atoms with van der Waals surface area (Å²) in [6, 6.07) is -0.271. The van der Waals surface area contributed by atoms with E-state index in [1.807, 2.05) is 13.8 Å². The number of hydrogen-bond donors (Lipinski definition) is 2. The minimum absolute atomic E-state index is 0.0749. The Morgan fingerprint density at radius 2 is 2.18 bits per heavy atom. The minimum atomic E-state index is -0.376. The molecule has 0 bridgehead atoms. The van der Waals surface area contributed by atoms with Crippen LogP contribution in [0.25, 0.3) is 0 Å². The Morgan fingerprint density at radius 3 is 2.71 bits per heavy atom. The number of morpholine rings is 1. The molecule has 6 heteroatoms. The predicted octanol–water partition coefficient (Wildman–Crippen LogP) is -0.510. The molecule has 100 valence electrons. The maximum atomic E-state index is 11.7. The van der Waals surface area contributed by atoms with Gasteiger partial charge >= 0.3 is 0 Å². The average Bonchev–Trinajstić information content (AvgIpc) is 2.37. The van der Waals surface area contributed by atoms with Crippen LogP contribution in [0.3, 0.4) is 0 Å². The second-order valence-corrected chi connectivity index (χ2v) is 3.67. The molecular weight excluding hydrogens is 224 g/mol. The second-order valence-electron chi connectivity index (χ2n) is 3.67. The van der Waals surface area contributed by atoms with Gasteiger partial charge in [0.15, 0.2) is 6.29 Å². The molecule has 0 radical (unpaired) electrons.